The van der Waals surface area contributed by atoms with Gasteiger partial charge in [0.05, 0.1) is 23.4 Å². The van der Waals surface area contributed by atoms with Crippen molar-refractivity contribution in [3.63, 3.8) is 0 Å². The van der Waals surface area contributed by atoms with Crippen molar-refractivity contribution in [1.82, 2.24) is 9.88 Å². The van der Waals surface area contributed by atoms with Crippen molar-refractivity contribution >= 4 is 22.5 Å². The number of para-hydroxylation sites is 2. The molecule has 5 heteroatoms. The van der Waals surface area contributed by atoms with Crippen LogP contribution >= 0.6 is 0 Å². The first-order valence-electron chi connectivity index (χ1n) is 10.6. The van der Waals surface area contributed by atoms with E-state index in [1.807, 2.05) is 56.0 Å². The highest BCUT2D eigenvalue weighted by molar-refractivity contribution is 6.07. The maximum Gasteiger partial charge on any atom is 0.255 e. The third-order valence-electron chi connectivity index (χ3n) is 5.91. The molecule has 0 aliphatic carbocycles. The first-order chi connectivity index (χ1) is 14.5. The average Bonchev–Trinajstić information content (AvgIpc) is 2.75. The highest BCUT2D eigenvalue weighted by Gasteiger charge is 2.26. The molecule has 0 atom stereocenters. The summed E-state index contributed by atoms with van der Waals surface area (Å²) >= 11 is 0. The number of fused-ring (bicyclic) bond motifs is 1. The lowest BCUT2D eigenvalue weighted by molar-refractivity contribution is 0.0747. The molecule has 1 saturated heterocycles. The molecule has 3 aromatic rings. The van der Waals surface area contributed by atoms with Crippen molar-refractivity contribution in [3.8, 4) is 5.75 Å². The van der Waals surface area contributed by atoms with E-state index in [0.29, 0.717) is 19.7 Å². The molecule has 1 aliphatic heterocycles. The van der Waals surface area contributed by atoms with Gasteiger partial charge in [-0.15, -0.1) is 0 Å². The van der Waals surface area contributed by atoms with E-state index >= 15 is 0 Å². The van der Waals surface area contributed by atoms with Crippen LogP contribution in [-0.4, -0.2) is 48.6 Å². The zero-order valence-corrected chi connectivity index (χ0v) is 18.2. The van der Waals surface area contributed by atoms with Gasteiger partial charge in [-0.05, 0) is 57.5 Å². The van der Waals surface area contributed by atoms with Crippen molar-refractivity contribution in [3.05, 3.63) is 64.8 Å². The minimum atomic E-state index is 0.103. The molecule has 30 heavy (non-hydrogen) atoms. The molecular formula is C25H29N3O2. The number of aromatic nitrogens is 1. The highest BCUT2D eigenvalue weighted by atomic mass is 16.5. The lowest BCUT2D eigenvalue weighted by atomic mass is 9.99. The summed E-state index contributed by atoms with van der Waals surface area (Å²) in [5, 5.41) is 0.951. The van der Waals surface area contributed by atoms with Crippen LogP contribution in [0.15, 0.2) is 42.5 Å². The number of aryl methyl sites for hydroxylation is 2. The smallest absolute Gasteiger partial charge is 0.255 e. The van der Waals surface area contributed by atoms with Gasteiger partial charge in [0.25, 0.3) is 5.91 Å². The van der Waals surface area contributed by atoms with Crippen LogP contribution in [0.25, 0.3) is 10.9 Å². The number of carbonyl (C=O) groups excluding carboxylic acids is 1. The predicted molar refractivity (Wildman–Crippen MR) is 122 cm³/mol. The molecule has 156 valence electrons. The number of nitrogens with zero attached hydrogens (tertiary/aromatic N) is 3. The molecule has 0 unspecified atom stereocenters. The van der Waals surface area contributed by atoms with Crippen LogP contribution in [0.3, 0.4) is 0 Å². The molecule has 0 bridgehead atoms. The normalized spacial score (nSPS) is 14.3. The fourth-order valence-electron chi connectivity index (χ4n) is 4.18. The third kappa shape index (κ3) is 3.72. The molecule has 1 aromatic heterocycles. The molecule has 0 spiro atoms. The van der Waals surface area contributed by atoms with Gasteiger partial charge in [0.15, 0.2) is 0 Å². The summed E-state index contributed by atoms with van der Waals surface area (Å²) in [4.78, 5) is 22.5. The van der Waals surface area contributed by atoms with Crippen LogP contribution in [0.1, 0.15) is 34.1 Å². The van der Waals surface area contributed by atoms with Crippen LogP contribution in [0.5, 0.6) is 5.75 Å². The molecule has 2 heterocycles. The summed E-state index contributed by atoms with van der Waals surface area (Å²) in [5.41, 5.74) is 5.81. The van der Waals surface area contributed by atoms with E-state index in [1.165, 1.54) is 0 Å². The summed E-state index contributed by atoms with van der Waals surface area (Å²) in [7, 11) is 0. The molecule has 1 amide bonds. The van der Waals surface area contributed by atoms with E-state index in [1.54, 1.807) is 0 Å². The third-order valence-corrected chi connectivity index (χ3v) is 5.91. The Hall–Kier alpha value is -3.08. The van der Waals surface area contributed by atoms with Crippen LogP contribution in [0, 0.1) is 20.8 Å². The number of benzene rings is 2. The van der Waals surface area contributed by atoms with Gasteiger partial charge in [0.1, 0.15) is 5.75 Å². The largest absolute Gasteiger partial charge is 0.492 e. The zero-order valence-electron chi connectivity index (χ0n) is 18.2. The van der Waals surface area contributed by atoms with Crippen molar-refractivity contribution in [2.24, 2.45) is 0 Å². The van der Waals surface area contributed by atoms with Gasteiger partial charge >= 0.3 is 0 Å². The molecule has 0 saturated carbocycles. The SMILES string of the molecule is CCOc1ccccc1N1CCN(C(=O)c2c(C)c(C)nc3ccc(C)cc23)CC1. The van der Waals surface area contributed by atoms with Crippen molar-refractivity contribution in [2.45, 2.75) is 27.7 Å². The minimum Gasteiger partial charge on any atom is -0.492 e. The van der Waals surface area contributed by atoms with Crippen molar-refractivity contribution < 1.29 is 9.53 Å². The quantitative estimate of drug-likeness (QED) is 0.642. The van der Waals surface area contributed by atoms with Gasteiger partial charge < -0.3 is 14.5 Å². The number of rotatable bonds is 4. The van der Waals surface area contributed by atoms with Crippen LogP contribution in [0.4, 0.5) is 5.69 Å². The van der Waals surface area contributed by atoms with E-state index in [2.05, 4.69) is 24.0 Å². The maximum absolute atomic E-state index is 13.6. The van der Waals surface area contributed by atoms with Gasteiger partial charge in [-0.25, -0.2) is 0 Å². The second kappa shape index (κ2) is 8.34. The predicted octanol–water partition coefficient (Wildman–Crippen LogP) is 4.52. The van der Waals surface area contributed by atoms with Gasteiger partial charge in [-0.1, -0.05) is 23.8 Å². The molecular weight excluding hydrogens is 374 g/mol. The average molecular weight is 404 g/mol. The Balaban J connectivity index is 1.59. The Morgan fingerprint density at radius 2 is 1.77 bits per heavy atom. The van der Waals surface area contributed by atoms with Crippen LogP contribution in [-0.2, 0) is 0 Å². The Bertz CT molecular complexity index is 1090. The van der Waals surface area contributed by atoms with Crippen LogP contribution < -0.4 is 9.64 Å². The number of carbonyl (C=O) groups is 1. The van der Waals surface area contributed by atoms with Crippen LogP contribution in [0.2, 0.25) is 0 Å². The zero-order chi connectivity index (χ0) is 21.3. The number of hydrogen-bond acceptors (Lipinski definition) is 4. The summed E-state index contributed by atoms with van der Waals surface area (Å²) in [6.07, 6.45) is 0. The van der Waals surface area contributed by atoms with Crippen molar-refractivity contribution in [2.75, 3.05) is 37.7 Å². The van der Waals surface area contributed by atoms with E-state index in [-0.39, 0.29) is 5.91 Å². The summed E-state index contributed by atoms with van der Waals surface area (Å²) < 4.78 is 5.79. The van der Waals surface area contributed by atoms with E-state index in [0.717, 1.165) is 57.8 Å². The molecule has 0 N–H and O–H groups in total. The summed E-state index contributed by atoms with van der Waals surface area (Å²) in [5.74, 6) is 1.01. The molecule has 0 radical (unpaired) electrons. The lowest BCUT2D eigenvalue weighted by Gasteiger charge is -2.37. The molecule has 4 rings (SSSR count). The van der Waals surface area contributed by atoms with E-state index in [9.17, 15) is 4.79 Å². The number of piperazine rings is 1. The Labute approximate surface area is 178 Å². The number of hydrogen-bond donors (Lipinski definition) is 0. The fourth-order valence-corrected chi connectivity index (χ4v) is 4.18. The first kappa shape index (κ1) is 20.2. The second-order valence-corrected chi connectivity index (χ2v) is 7.90. The fraction of sp³-hybridized carbons (Fsp3) is 0.360. The van der Waals surface area contributed by atoms with E-state index in [4.69, 9.17) is 9.72 Å². The Kier molecular flexibility index (Phi) is 5.62. The number of anilines is 1. The Morgan fingerprint density at radius 3 is 2.50 bits per heavy atom. The number of ether oxygens (including phenoxy) is 1. The van der Waals surface area contributed by atoms with Gasteiger partial charge in [0.2, 0.25) is 0 Å². The molecule has 1 aliphatic rings. The Morgan fingerprint density at radius 1 is 1.03 bits per heavy atom. The minimum absolute atomic E-state index is 0.103. The highest BCUT2D eigenvalue weighted by Crippen LogP contribution is 2.30. The summed E-state index contributed by atoms with van der Waals surface area (Å²) in [6.45, 7) is 11.6. The lowest BCUT2D eigenvalue weighted by Crippen LogP contribution is -2.49. The van der Waals surface area contributed by atoms with Gasteiger partial charge in [-0.2, -0.15) is 0 Å². The van der Waals surface area contributed by atoms with Gasteiger partial charge in [0, 0.05) is 37.3 Å². The first-order valence-corrected chi connectivity index (χ1v) is 10.6. The topological polar surface area (TPSA) is 45.7 Å². The number of pyridine rings is 1. The maximum atomic E-state index is 13.6. The van der Waals surface area contributed by atoms with E-state index < -0.39 is 0 Å². The molecule has 1 fully saturated rings. The second-order valence-electron chi connectivity index (χ2n) is 7.90. The molecule has 2 aromatic carbocycles. The summed E-state index contributed by atoms with van der Waals surface area (Å²) in [6, 6.07) is 14.3. The monoisotopic (exact) mass is 403 g/mol. The number of amides is 1. The molecule has 5 nitrogen and oxygen atoms in total. The standard InChI is InChI=1S/C25H29N3O2/c1-5-30-23-9-7-6-8-22(23)27-12-14-28(15-13-27)25(29)24-18(3)19(4)26-21-11-10-17(2)16-20(21)24/h6-11,16H,5,12-15H2,1-4H3. The van der Waals surface area contributed by atoms with Crippen molar-refractivity contribution in [1.29, 1.82) is 0 Å². The van der Waals surface area contributed by atoms with Gasteiger partial charge in [-0.3, -0.25) is 9.78 Å².